The molecule has 0 saturated carbocycles. The van der Waals surface area contributed by atoms with Crippen LogP contribution in [0.5, 0.6) is 11.5 Å². The molecule has 0 atom stereocenters. The number of thiophene rings is 1. The number of nitrogens with zero attached hydrogens (tertiary/aromatic N) is 1. The Labute approximate surface area is 161 Å². The first-order valence-corrected chi connectivity index (χ1v) is 9.51. The fraction of sp³-hybridized carbons (Fsp3) is 0.300. The van der Waals surface area contributed by atoms with Gasteiger partial charge in [-0.1, -0.05) is 13.0 Å². The standard InChI is InChI=1S/C20H22N2O4S/c1-4-19(23)22(12-15-6-5-7-27-15)11-14-8-13-9-17(25-2)18(26-3)10-16(13)21-20(14)24/h5-10H,4,11-12H2,1-3H3,(H,21,24). The predicted molar refractivity (Wildman–Crippen MR) is 107 cm³/mol. The molecule has 1 N–H and O–H groups in total. The number of carbonyl (C=O) groups excluding carboxylic acids is 1. The molecule has 3 rings (SSSR count). The van der Waals surface area contributed by atoms with Crippen molar-refractivity contribution in [3.05, 3.63) is 56.5 Å². The second kappa shape index (κ2) is 8.26. The third-order valence-corrected chi connectivity index (χ3v) is 5.23. The maximum Gasteiger partial charge on any atom is 0.253 e. The van der Waals surface area contributed by atoms with Crippen LogP contribution in [-0.4, -0.2) is 30.0 Å². The molecule has 1 amide bonds. The Bertz CT molecular complexity index is 995. The van der Waals surface area contributed by atoms with Gasteiger partial charge in [0.05, 0.1) is 32.8 Å². The van der Waals surface area contributed by atoms with Gasteiger partial charge in [0, 0.05) is 28.3 Å². The van der Waals surface area contributed by atoms with E-state index in [1.807, 2.05) is 30.5 Å². The lowest BCUT2D eigenvalue weighted by molar-refractivity contribution is -0.132. The van der Waals surface area contributed by atoms with Gasteiger partial charge in [-0.05, 0) is 23.6 Å². The number of aromatic amines is 1. The highest BCUT2D eigenvalue weighted by molar-refractivity contribution is 7.09. The van der Waals surface area contributed by atoms with Crippen molar-refractivity contribution in [2.75, 3.05) is 14.2 Å². The van der Waals surface area contributed by atoms with E-state index < -0.39 is 0 Å². The van der Waals surface area contributed by atoms with Crippen LogP contribution in [0.3, 0.4) is 0 Å². The molecule has 0 aliphatic carbocycles. The summed E-state index contributed by atoms with van der Waals surface area (Å²) in [4.78, 5) is 30.6. The summed E-state index contributed by atoms with van der Waals surface area (Å²) >= 11 is 1.60. The molecule has 27 heavy (non-hydrogen) atoms. The molecule has 0 aliphatic heterocycles. The Hall–Kier alpha value is -2.80. The minimum absolute atomic E-state index is 0.00945. The monoisotopic (exact) mass is 386 g/mol. The van der Waals surface area contributed by atoms with E-state index in [2.05, 4.69) is 4.98 Å². The van der Waals surface area contributed by atoms with E-state index in [4.69, 9.17) is 9.47 Å². The van der Waals surface area contributed by atoms with Gasteiger partial charge in [-0.15, -0.1) is 11.3 Å². The molecule has 2 aromatic heterocycles. The van der Waals surface area contributed by atoms with Crippen LogP contribution in [0, 0.1) is 0 Å². The summed E-state index contributed by atoms with van der Waals surface area (Å²) in [5, 5.41) is 2.80. The first-order valence-electron chi connectivity index (χ1n) is 8.63. The first kappa shape index (κ1) is 19.0. The van der Waals surface area contributed by atoms with Gasteiger partial charge in [-0.2, -0.15) is 0 Å². The molecule has 0 saturated heterocycles. The van der Waals surface area contributed by atoms with Crippen molar-refractivity contribution in [1.82, 2.24) is 9.88 Å². The van der Waals surface area contributed by atoms with Crippen LogP contribution < -0.4 is 15.0 Å². The third kappa shape index (κ3) is 4.14. The van der Waals surface area contributed by atoms with E-state index >= 15 is 0 Å². The largest absolute Gasteiger partial charge is 0.493 e. The molecular weight excluding hydrogens is 364 g/mol. The highest BCUT2D eigenvalue weighted by Crippen LogP contribution is 2.31. The molecule has 0 aliphatic rings. The van der Waals surface area contributed by atoms with E-state index in [1.165, 1.54) is 0 Å². The van der Waals surface area contributed by atoms with E-state index in [1.54, 1.807) is 42.6 Å². The number of methoxy groups -OCH3 is 2. The molecule has 2 heterocycles. The van der Waals surface area contributed by atoms with Crippen molar-refractivity contribution < 1.29 is 14.3 Å². The fourth-order valence-corrected chi connectivity index (χ4v) is 3.67. The number of rotatable bonds is 7. The molecule has 0 spiro atoms. The number of nitrogens with one attached hydrogen (secondary N) is 1. The van der Waals surface area contributed by atoms with Crippen LogP contribution in [0.4, 0.5) is 0 Å². The maximum atomic E-state index is 12.6. The molecule has 0 radical (unpaired) electrons. The quantitative estimate of drug-likeness (QED) is 0.674. The van der Waals surface area contributed by atoms with Gasteiger partial charge in [0.1, 0.15) is 0 Å². The number of carbonyl (C=O) groups is 1. The number of fused-ring (bicyclic) bond motifs is 1. The van der Waals surface area contributed by atoms with E-state index in [9.17, 15) is 9.59 Å². The van der Waals surface area contributed by atoms with Crippen LogP contribution >= 0.6 is 11.3 Å². The topological polar surface area (TPSA) is 71.6 Å². The second-order valence-corrected chi connectivity index (χ2v) is 7.13. The lowest BCUT2D eigenvalue weighted by Crippen LogP contribution is -2.31. The molecule has 0 fully saturated rings. The molecule has 1 aromatic carbocycles. The van der Waals surface area contributed by atoms with Gasteiger partial charge in [-0.3, -0.25) is 9.59 Å². The average Bonchev–Trinajstić information content (AvgIpc) is 3.19. The Morgan fingerprint density at radius 3 is 2.52 bits per heavy atom. The van der Waals surface area contributed by atoms with Crippen molar-refractivity contribution in [2.45, 2.75) is 26.4 Å². The smallest absolute Gasteiger partial charge is 0.253 e. The first-order chi connectivity index (χ1) is 13.0. The number of hydrogen-bond acceptors (Lipinski definition) is 5. The van der Waals surface area contributed by atoms with Crippen molar-refractivity contribution in [2.24, 2.45) is 0 Å². The predicted octanol–water partition coefficient (Wildman–Crippen LogP) is 3.55. The maximum absolute atomic E-state index is 12.6. The zero-order valence-corrected chi connectivity index (χ0v) is 16.4. The minimum atomic E-state index is -0.213. The van der Waals surface area contributed by atoms with E-state index in [0.29, 0.717) is 35.5 Å². The van der Waals surface area contributed by atoms with Crippen molar-refractivity contribution in [3.63, 3.8) is 0 Å². The summed E-state index contributed by atoms with van der Waals surface area (Å²) in [5.41, 5.74) is 0.982. The molecule has 0 unspecified atom stereocenters. The van der Waals surface area contributed by atoms with Crippen LogP contribution in [0.15, 0.2) is 40.5 Å². The van der Waals surface area contributed by atoms with E-state index in [0.717, 1.165) is 10.3 Å². The van der Waals surface area contributed by atoms with Crippen molar-refractivity contribution >= 4 is 28.1 Å². The zero-order valence-electron chi connectivity index (χ0n) is 15.6. The minimum Gasteiger partial charge on any atom is -0.493 e. The van der Waals surface area contributed by atoms with Gasteiger partial charge in [0.25, 0.3) is 5.56 Å². The number of H-pyrrole nitrogens is 1. The van der Waals surface area contributed by atoms with Crippen LogP contribution in [0.1, 0.15) is 23.8 Å². The van der Waals surface area contributed by atoms with Crippen molar-refractivity contribution in [3.8, 4) is 11.5 Å². The molecular formula is C20H22N2O4S. The lowest BCUT2D eigenvalue weighted by atomic mass is 10.1. The number of pyridine rings is 1. The van der Waals surface area contributed by atoms with Gasteiger partial charge in [-0.25, -0.2) is 0 Å². The summed E-state index contributed by atoms with van der Waals surface area (Å²) < 4.78 is 10.6. The lowest BCUT2D eigenvalue weighted by Gasteiger charge is -2.21. The molecule has 3 aromatic rings. The van der Waals surface area contributed by atoms with Gasteiger partial charge in [0.15, 0.2) is 11.5 Å². The summed E-state index contributed by atoms with van der Waals surface area (Å²) in [6.45, 7) is 2.57. The summed E-state index contributed by atoms with van der Waals surface area (Å²) in [7, 11) is 3.12. The van der Waals surface area contributed by atoms with Gasteiger partial charge < -0.3 is 19.4 Å². The number of ether oxygens (including phenoxy) is 2. The van der Waals surface area contributed by atoms with Gasteiger partial charge in [0.2, 0.25) is 5.91 Å². The Balaban J connectivity index is 1.97. The number of amides is 1. The normalized spacial score (nSPS) is 10.8. The molecule has 142 valence electrons. The summed E-state index contributed by atoms with van der Waals surface area (Å²) in [5.74, 6) is 1.15. The number of benzene rings is 1. The van der Waals surface area contributed by atoms with Crippen LogP contribution in [0.25, 0.3) is 10.9 Å². The Morgan fingerprint density at radius 2 is 1.89 bits per heavy atom. The highest BCUT2D eigenvalue weighted by atomic mass is 32.1. The highest BCUT2D eigenvalue weighted by Gasteiger charge is 2.16. The third-order valence-electron chi connectivity index (χ3n) is 4.37. The zero-order chi connectivity index (χ0) is 19.4. The summed E-state index contributed by atoms with van der Waals surface area (Å²) in [6, 6.07) is 9.30. The Morgan fingerprint density at radius 1 is 1.15 bits per heavy atom. The number of hydrogen-bond donors (Lipinski definition) is 1. The van der Waals surface area contributed by atoms with Crippen LogP contribution in [-0.2, 0) is 17.9 Å². The molecule has 0 bridgehead atoms. The number of aromatic nitrogens is 1. The molecule has 7 heteroatoms. The average molecular weight is 386 g/mol. The Kier molecular flexibility index (Phi) is 5.81. The van der Waals surface area contributed by atoms with Crippen LogP contribution in [0.2, 0.25) is 0 Å². The van der Waals surface area contributed by atoms with E-state index in [-0.39, 0.29) is 18.0 Å². The summed E-state index contributed by atoms with van der Waals surface area (Å²) in [6.07, 6.45) is 0.391. The molecule has 6 nitrogen and oxygen atoms in total. The second-order valence-electron chi connectivity index (χ2n) is 6.10. The van der Waals surface area contributed by atoms with Crippen molar-refractivity contribution in [1.29, 1.82) is 0 Å². The fourth-order valence-electron chi connectivity index (χ4n) is 2.95. The van der Waals surface area contributed by atoms with Gasteiger partial charge >= 0.3 is 0 Å². The SMILES string of the molecule is CCC(=O)N(Cc1cccs1)Cc1cc2cc(OC)c(OC)cc2[nH]c1=O.